The molecule has 4 nitrogen and oxygen atoms in total. The quantitative estimate of drug-likeness (QED) is 0.740. The van der Waals surface area contributed by atoms with Gasteiger partial charge in [-0.2, -0.15) is 8.42 Å². The van der Waals surface area contributed by atoms with E-state index in [1.165, 1.54) is 0 Å². The lowest BCUT2D eigenvalue weighted by Gasteiger charge is -2.14. The van der Waals surface area contributed by atoms with Crippen LogP contribution in [-0.4, -0.2) is 27.9 Å². The third-order valence-corrected chi connectivity index (χ3v) is 4.33. The highest BCUT2D eigenvalue weighted by Crippen LogP contribution is 2.26. The lowest BCUT2D eigenvalue weighted by Crippen LogP contribution is -2.17. The Kier molecular flexibility index (Phi) is 5.82. The number of aryl methyl sites for hydroxylation is 2. The fourth-order valence-electron chi connectivity index (χ4n) is 1.52. The second kappa shape index (κ2) is 6.72. The van der Waals surface area contributed by atoms with Gasteiger partial charge in [0.1, 0.15) is 5.75 Å². The lowest BCUT2D eigenvalue weighted by atomic mass is 10.1. The van der Waals surface area contributed by atoms with E-state index in [1.807, 2.05) is 32.9 Å². The molecule has 1 aromatic carbocycles. The first-order chi connectivity index (χ1) is 8.69. The van der Waals surface area contributed by atoms with Gasteiger partial charge in [0.15, 0.2) is 0 Å². The van der Waals surface area contributed by atoms with Gasteiger partial charge < -0.3 is 4.74 Å². The summed E-state index contributed by atoms with van der Waals surface area (Å²) in [5, 5.41) is 0. The Hall–Kier alpha value is -0.590. The van der Waals surface area contributed by atoms with E-state index in [0.717, 1.165) is 27.6 Å². The highest BCUT2D eigenvalue weighted by atomic mass is 79.9. The van der Waals surface area contributed by atoms with E-state index < -0.39 is 10.1 Å². The first kappa shape index (κ1) is 16.5. The third-order valence-electron chi connectivity index (χ3n) is 2.51. The van der Waals surface area contributed by atoms with E-state index in [2.05, 4.69) is 15.9 Å². The summed E-state index contributed by atoms with van der Waals surface area (Å²) in [5.41, 5.74) is 2.21. The predicted octanol–water partition coefficient (Wildman–Crippen LogP) is 3.06. The summed E-state index contributed by atoms with van der Waals surface area (Å²) in [4.78, 5) is 0. The van der Waals surface area contributed by atoms with Crippen LogP contribution in [0.1, 0.15) is 18.1 Å². The molecule has 0 fully saturated rings. The maximum Gasteiger partial charge on any atom is 0.264 e. The van der Waals surface area contributed by atoms with Crippen molar-refractivity contribution in [3.8, 4) is 5.75 Å². The molecule has 0 bridgehead atoms. The van der Waals surface area contributed by atoms with Crippen LogP contribution in [0.4, 0.5) is 0 Å². The monoisotopic (exact) mass is 350 g/mol. The number of rotatable bonds is 6. The molecule has 0 saturated heterocycles. The van der Waals surface area contributed by atoms with E-state index in [9.17, 15) is 8.42 Å². The molecule has 0 amide bonds. The van der Waals surface area contributed by atoms with Gasteiger partial charge in [-0.05, 0) is 37.1 Å². The second-order valence-electron chi connectivity index (χ2n) is 4.78. The molecule has 0 aromatic heterocycles. The van der Waals surface area contributed by atoms with Crippen molar-refractivity contribution in [1.82, 2.24) is 0 Å². The first-order valence-electron chi connectivity index (χ1n) is 5.93. The van der Waals surface area contributed by atoms with Crippen LogP contribution in [0.2, 0.25) is 0 Å². The molecule has 0 spiro atoms. The molecule has 1 aromatic rings. The standard InChI is InChI=1S/C13H19BrO4S/c1-9(8-18-19(4,15)16)7-17-12-5-10(2)13(14)11(3)6-12/h5-6,9H,7-8H2,1-4H3/t9-/m0/s1. The van der Waals surface area contributed by atoms with E-state index in [4.69, 9.17) is 8.92 Å². The fourth-order valence-corrected chi connectivity index (χ4v) is 2.22. The Bertz CT molecular complexity index is 517. The zero-order chi connectivity index (χ0) is 14.6. The van der Waals surface area contributed by atoms with Gasteiger partial charge >= 0.3 is 0 Å². The third kappa shape index (κ3) is 5.93. The van der Waals surface area contributed by atoms with Crippen LogP contribution in [0.5, 0.6) is 5.75 Å². The summed E-state index contributed by atoms with van der Waals surface area (Å²) >= 11 is 3.50. The number of hydrogen-bond donors (Lipinski definition) is 0. The molecule has 0 N–H and O–H groups in total. The van der Waals surface area contributed by atoms with Crippen molar-refractivity contribution in [3.63, 3.8) is 0 Å². The summed E-state index contributed by atoms with van der Waals surface area (Å²) in [6.07, 6.45) is 1.04. The number of ether oxygens (including phenoxy) is 1. The molecule has 0 heterocycles. The summed E-state index contributed by atoms with van der Waals surface area (Å²) in [6, 6.07) is 3.89. The predicted molar refractivity (Wildman–Crippen MR) is 79.1 cm³/mol. The molecule has 108 valence electrons. The normalized spacial score (nSPS) is 13.3. The second-order valence-corrected chi connectivity index (χ2v) is 7.21. The lowest BCUT2D eigenvalue weighted by molar-refractivity contribution is 0.193. The average Bonchev–Trinajstić information content (AvgIpc) is 2.29. The van der Waals surface area contributed by atoms with E-state index >= 15 is 0 Å². The Balaban J connectivity index is 2.53. The Morgan fingerprint density at radius 1 is 1.21 bits per heavy atom. The molecular formula is C13H19BrO4S. The number of hydrogen-bond acceptors (Lipinski definition) is 4. The first-order valence-corrected chi connectivity index (χ1v) is 8.54. The van der Waals surface area contributed by atoms with Gasteiger partial charge in [0.05, 0.1) is 19.5 Å². The Labute approximate surface area is 123 Å². The summed E-state index contributed by atoms with van der Waals surface area (Å²) in [6.45, 7) is 6.42. The molecule has 0 unspecified atom stereocenters. The average molecular weight is 351 g/mol. The van der Waals surface area contributed by atoms with Crippen LogP contribution in [0, 0.1) is 19.8 Å². The van der Waals surface area contributed by atoms with E-state index in [0.29, 0.717) is 6.61 Å². The van der Waals surface area contributed by atoms with Crippen LogP contribution >= 0.6 is 15.9 Å². The Morgan fingerprint density at radius 3 is 2.21 bits per heavy atom. The zero-order valence-electron chi connectivity index (χ0n) is 11.6. The maximum atomic E-state index is 10.9. The van der Waals surface area contributed by atoms with Crippen molar-refractivity contribution < 1.29 is 17.3 Å². The van der Waals surface area contributed by atoms with Crippen molar-refractivity contribution in [3.05, 3.63) is 27.7 Å². The van der Waals surface area contributed by atoms with Gasteiger partial charge in [0, 0.05) is 10.4 Å². The topological polar surface area (TPSA) is 52.6 Å². The minimum Gasteiger partial charge on any atom is -0.493 e. The van der Waals surface area contributed by atoms with Gasteiger partial charge in [-0.15, -0.1) is 0 Å². The van der Waals surface area contributed by atoms with Crippen molar-refractivity contribution in [1.29, 1.82) is 0 Å². The summed E-state index contributed by atoms with van der Waals surface area (Å²) < 4.78 is 33.2. The maximum absolute atomic E-state index is 10.9. The fraction of sp³-hybridized carbons (Fsp3) is 0.538. The van der Waals surface area contributed by atoms with Crippen LogP contribution < -0.4 is 4.74 Å². The van der Waals surface area contributed by atoms with Gasteiger partial charge in [0.2, 0.25) is 0 Å². The van der Waals surface area contributed by atoms with Crippen molar-refractivity contribution >= 4 is 26.0 Å². The van der Waals surface area contributed by atoms with Crippen molar-refractivity contribution in [2.24, 2.45) is 5.92 Å². The Morgan fingerprint density at radius 2 is 1.74 bits per heavy atom. The largest absolute Gasteiger partial charge is 0.493 e. The van der Waals surface area contributed by atoms with Crippen LogP contribution in [-0.2, 0) is 14.3 Å². The molecule has 1 rings (SSSR count). The van der Waals surface area contributed by atoms with Gasteiger partial charge in [-0.3, -0.25) is 4.18 Å². The molecule has 0 aliphatic carbocycles. The van der Waals surface area contributed by atoms with Gasteiger partial charge in [0.25, 0.3) is 10.1 Å². The highest BCUT2D eigenvalue weighted by Gasteiger charge is 2.09. The van der Waals surface area contributed by atoms with Gasteiger partial charge in [-0.25, -0.2) is 0 Å². The van der Waals surface area contributed by atoms with Crippen LogP contribution in [0.3, 0.4) is 0 Å². The number of halogens is 1. The van der Waals surface area contributed by atoms with Crippen LogP contribution in [0.25, 0.3) is 0 Å². The SMILES string of the molecule is Cc1cc(OC[C@H](C)COS(C)(=O)=O)cc(C)c1Br. The summed E-state index contributed by atoms with van der Waals surface area (Å²) in [7, 11) is -3.38. The smallest absolute Gasteiger partial charge is 0.264 e. The molecule has 1 atom stereocenters. The molecule has 0 aliphatic rings. The molecular weight excluding hydrogens is 332 g/mol. The molecule has 0 radical (unpaired) electrons. The number of benzene rings is 1. The molecule has 6 heteroatoms. The minimum absolute atomic E-state index is 0.000941. The van der Waals surface area contributed by atoms with Crippen molar-refractivity contribution in [2.75, 3.05) is 19.5 Å². The molecule has 0 saturated carbocycles. The van der Waals surface area contributed by atoms with Crippen molar-refractivity contribution in [2.45, 2.75) is 20.8 Å². The van der Waals surface area contributed by atoms with Gasteiger partial charge in [-0.1, -0.05) is 22.9 Å². The van der Waals surface area contributed by atoms with E-state index in [-0.39, 0.29) is 12.5 Å². The summed E-state index contributed by atoms with van der Waals surface area (Å²) in [5.74, 6) is 0.781. The highest BCUT2D eigenvalue weighted by molar-refractivity contribution is 9.10. The van der Waals surface area contributed by atoms with E-state index in [1.54, 1.807) is 0 Å². The minimum atomic E-state index is -3.38. The molecule has 19 heavy (non-hydrogen) atoms. The molecule has 0 aliphatic heterocycles. The zero-order valence-corrected chi connectivity index (χ0v) is 14.0. The van der Waals surface area contributed by atoms with Crippen LogP contribution in [0.15, 0.2) is 16.6 Å².